The second-order valence-electron chi connectivity index (χ2n) is 7.59. The van der Waals surface area contributed by atoms with E-state index in [1.54, 1.807) is 24.3 Å². The fourth-order valence-corrected chi connectivity index (χ4v) is 4.01. The van der Waals surface area contributed by atoms with Gasteiger partial charge in [-0.25, -0.2) is 4.90 Å². The maximum Gasteiger partial charge on any atom is 0.251 e. The number of hydrogen-bond acceptors (Lipinski definition) is 4. The van der Waals surface area contributed by atoms with Gasteiger partial charge in [0.2, 0.25) is 11.8 Å². The van der Waals surface area contributed by atoms with Crippen LogP contribution < -0.4 is 15.5 Å². The van der Waals surface area contributed by atoms with Crippen molar-refractivity contribution in [3.8, 4) is 0 Å². The highest BCUT2D eigenvalue weighted by Crippen LogP contribution is 2.31. The zero-order chi connectivity index (χ0) is 18.8. The minimum absolute atomic E-state index is 0.161. The maximum absolute atomic E-state index is 12.8. The van der Waals surface area contributed by atoms with Crippen molar-refractivity contribution in [2.75, 3.05) is 10.2 Å². The van der Waals surface area contributed by atoms with E-state index >= 15 is 0 Å². The van der Waals surface area contributed by atoms with E-state index in [1.165, 1.54) is 18.2 Å². The van der Waals surface area contributed by atoms with Crippen LogP contribution in [0.25, 0.3) is 0 Å². The highest BCUT2D eigenvalue weighted by molar-refractivity contribution is 6.22. The molecule has 2 N–H and O–H groups in total. The predicted molar refractivity (Wildman–Crippen MR) is 101 cm³/mol. The van der Waals surface area contributed by atoms with Crippen molar-refractivity contribution in [2.24, 2.45) is 11.8 Å². The molecule has 6 nitrogen and oxygen atoms in total. The summed E-state index contributed by atoms with van der Waals surface area (Å²) >= 11 is 0. The summed E-state index contributed by atoms with van der Waals surface area (Å²) in [6.45, 7) is 5.91. The second-order valence-corrected chi connectivity index (χ2v) is 7.59. The summed E-state index contributed by atoms with van der Waals surface area (Å²) in [5, 5.41) is 6.12. The molecule has 1 aliphatic heterocycles. The van der Waals surface area contributed by atoms with Gasteiger partial charge < -0.3 is 10.6 Å². The molecule has 0 unspecified atom stereocenters. The molecule has 1 aromatic carbocycles. The van der Waals surface area contributed by atoms with Crippen LogP contribution in [0.5, 0.6) is 0 Å². The highest BCUT2D eigenvalue weighted by atomic mass is 16.2. The van der Waals surface area contributed by atoms with Gasteiger partial charge >= 0.3 is 0 Å². The lowest BCUT2D eigenvalue weighted by Gasteiger charge is -2.36. The van der Waals surface area contributed by atoms with E-state index in [9.17, 15) is 14.4 Å². The summed E-state index contributed by atoms with van der Waals surface area (Å²) in [5.41, 5.74) is 1.18. The molecule has 6 heteroatoms. The summed E-state index contributed by atoms with van der Waals surface area (Å²) < 4.78 is 0. The molecule has 0 bridgehead atoms. The van der Waals surface area contributed by atoms with E-state index in [0.29, 0.717) is 23.2 Å². The third kappa shape index (κ3) is 3.80. The van der Waals surface area contributed by atoms with Gasteiger partial charge in [-0.1, -0.05) is 26.7 Å². The van der Waals surface area contributed by atoms with Gasteiger partial charge in [0.05, 0.1) is 18.2 Å². The number of hydrogen-bond donors (Lipinski definition) is 2. The minimum atomic E-state index is -0.449. The van der Waals surface area contributed by atoms with Crippen molar-refractivity contribution < 1.29 is 14.4 Å². The first-order valence-corrected chi connectivity index (χ1v) is 9.37. The Morgan fingerprint density at radius 3 is 2.46 bits per heavy atom. The van der Waals surface area contributed by atoms with Crippen molar-refractivity contribution in [3.05, 3.63) is 24.3 Å². The predicted octanol–water partition coefficient (Wildman–Crippen LogP) is 2.69. The number of nitrogens with zero attached hydrogens (tertiary/aromatic N) is 1. The van der Waals surface area contributed by atoms with E-state index in [-0.39, 0.29) is 30.2 Å². The van der Waals surface area contributed by atoms with E-state index in [4.69, 9.17) is 0 Å². The number of nitrogens with one attached hydrogen (secondary N) is 2. The van der Waals surface area contributed by atoms with Gasteiger partial charge in [0.25, 0.3) is 5.91 Å². The molecule has 2 aliphatic rings. The standard InChI is InChI=1S/C20H27N3O3/c1-12-5-4-6-17(13(12)2)22-18-11-19(25)23(20(18)26)16-9-7-15(8-10-16)21-14(3)24/h7-10,12-13,17-18,22H,4-6,11H2,1-3H3,(H,21,24)/t12-,13+,17-,18+/m0/s1. The number of anilines is 2. The fourth-order valence-electron chi connectivity index (χ4n) is 4.01. The molecule has 1 aliphatic carbocycles. The van der Waals surface area contributed by atoms with Gasteiger partial charge in [-0.05, 0) is 42.5 Å². The van der Waals surface area contributed by atoms with Crippen LogP contribution in [0.2, 0.25) is 0 Å². The molecule has 2 fully saturated rings. The normalized spacial score (nSPS) is 29.1. The Morgan fingerprint density at radius 2 is 1.81 bits per heavy atom. The fraction of sp³-hybridized carbons (Fsp3) is 0.550. The smallest absolute Gasteiger partial charge is 0.251 e. The average Bonchev–Trinajstić information content (AvgIpc) is 2.86. The Kier molecular flexibility index (Phi) is 5.41. The van der Waals surface area contributed by atoms with Crippen molar-refractivity contribution in [3.63, 3.8) is 0 Å². The van der Waals surface area contributed by atoms with E-state index < -0.39 is 6.04 Å². The molecular weight excluding hydrogens is 330 g/mol. The Labute approximate surface area is 154 Å². The summed E-state index contributed by atoms with van der Waals surface area (Å²) in [6.07, 6.45) is 3.63. The SMILES string of the molecule is CC(=O)Nc1ccc(N2C(=O)C[C@@H](N[C@H]3CCC[C@H](C)[C@H]3C)C2=O)cc1. The third-order valence-corrected chi connectivity index (χ3v) is 5.71. The lowest BCUT2D eigenvalue weighted by atomic mass is 9.78. The molecule has 0 spiro atoms. The lowest BCUT2D eigenvalue weighted by Crippen LogP contribution is -2.48. The lowest BCUT2D eigenvalue weighted by molar-refractivity contribution is -0.122. The van der Waals surface area contributed by atoms with Gasteiger partial charge in [0, 0.05) is 18.7 Å². The summed E-state index contributed by atoms with van der Waals surface area (Å²) in [4.78, 5) is 37.6. The topological polar surface area (TPSA) is 78.5 Å². The zero-order valence-electron chi connectivity index (χ0n) is 15.6. The van der Waals surface area contributed by atoms with Gasteiger partial charge in [-0.3, -0.25) is 14.4 Å². The van der Waals surface area contributed by atoms with Gasteiger partial charge in [-0.2, -0.15) is 0 Å². The highest BCUT2D eigenvalue weighted by Gasteiger charge is 2.41. The van der Waals surface area contributed by atoms with Crippen molar-refractivity contribution in [2.45, 2.75) is 58.5 Å². The molecule has 1 saturated carbocycles. The molecule has 140 valence electrons. The minimum Gasteiger partial charge on any atom is -0.326 e. The van der Waals surface area contributed by atoms with E-state index in [2.05, 4.69) is 24.5 Å². The van der Waals surface area contributed by atoms with Crippen molar-refractivity contribution >= 4 is 29.1 Å². The largest absolute Gasteiger partial charge is 0.326 e. The van der Waals surface area contributed by atoms with Crippen LogP contribution in [0.1, 0.15) is 46.5 Å². The summed E-state index contributed by atoms with van der Waals surface area (Å²) in [5.74, 6) is 0.596. The molecule has 1 saturated heterocycles. The Hall–Kier alpha value is -2.21. The van der Waals surface area contributed by atoms with Gasteiger partial charge in [0.1, 0.15) is 0 Å². The van der Waals surface area contributed by atoms with Crippen LogP contribution in [0.4, 0.5) is 11.4 Å². The van der Waals surface area contributed by atoms with Crippen molar-refractivity contribution in [1.82, 2.24) is 5.32 Å². The number of amides is 3. The van der Waals surface area contributed by atoms with Crippen LogP contribution in [-0.2, 0) is 14.4 Å². The molecule has 4 atom stereocenters. The number of rotatable bonds is 4. The van der Waals surface area contributed by atoms with E-state index in [0.717, 1.165) is 12.8 Å². The molecule has 0 aromatic heterocycles. The van der Waals surface area contributed by atoms with Crippen LogP contribution in [0.3, 0.4) is 0 Å². The zero-order valence-corrected chi connectivity index (χ0v) is 15.6. The first-order valence-electron chi connectivity index (χ1n) is 9.37. The number of imide groups is 1. The molecule has 1 aromatic rings. The molecule has 3 amide bonds. The van der Waals surface area contributed by atoms with Gasteiger partial charge in [0.15, 0.2) is 0 Å². The first kappa shape index (κ1) is 18.6. The maximum atomic E-state index is 12.8. The molecule has 3 rings (SSSR count). The first-order chi connectivity index (χ1) is 12.4. The third-order valence-electron chi connectivity index (χ3n) is 5.71. The molecule has 0 radical (unpaired) electrons. The Morgan fingerprint density at radius 1 is 1.12 bits per heavy atom. The van der Waals surface area contributed by atoms with Crippen LogP contribution >= 0.6 is 0 Å². The van der Waals surface area contributed by atoms with E-state index in [1.807, 2.05) is 0 Å². The van der Waals surface area contributed by atoms with Gasteiger partial charge in [-0.15, -0.1) is 0 Å². The van der Waals surface area contributed by atoms with Crippen LogP contribution in [-0.4, -0.2) is 29.8 Å². The number of carbonyl (C=O) groups excluding carboxylic acids is 3. The average molecular weight is 357 g/mol. The number of benzene rings is 1. The van der Waals surface area contributed by atoms with Crippen LogP contribution in [0, 0.1) is 11.8 Å². The summed E-state index contributed by atoms with van der Waals surface area (Å²) in [7, 11) is 0. The van der Waals surface area contributed by atoms with Crippen LogP contribution in [0.15, 0.2) is 24.3 Å². The van der Waals surface area contributed by atoms with Crippen molar-refractivity contribution in [1.29, 1.82) is 0 Å². The Balaban J connectivity index is 1.69. The monoisotopic (exact) mass is 357 g/mol. The molecule has 26 heavy (non-hydrogen) atoms. The summed E-state index contributed by atoms with van der Waals surface area (Å²) in [6, 6.07) is 6.60. The second kappa shape index (κ2) is 7.58. The molecule has 1 heterocycles. The molecular formula is C20H27N3O3. The Bertz CT molecular complexity index is 701. The number of carbonyl (C=O) groups is 3. The quantitative estimate of drug-likeness (QED) is 0.812.